The zero-order valence-electron chi connectivity index (χ0n) is 15.3. The maximum atomic E-state index is 12.3. The number of hydrogen-bond acceptors (Lipinski definition) is 5. The highest BCUT2D eigenvalue weighted by Crippen LogP contribution is 2.41. The molecule has 2 aromatic heterocycles. The molecule has 0 radical (unpaired) electrons. The number of likely N-dealkylation sites (N-methyl/N-ethyl adjacent to an activating group) is 1. The summed E-state index contributed by atoms with van der Waals surface area (Å²) in [4.78, 5) is 28.6. The van der Waals surface area contributed by atoms with Crippen LogP contribution in [0.15, 0.2) is 0 Å². The van der Waals surface area contributed by atoms with Crippen LogP contribution in [0, 0.1) is 0 Å². The minimum Gasteiger partial charge on any atom is -0.356 e. The standard InChI is InChI=1S/C19H26N4OS/c1-4-22(2)16(24)11-15-20-18(23(3)12-9-10-12)17-13-7-5-6-8-14(13)25-19(17)21-15/h12H,4-11H2,1-3H3. The van der Waals surface area contributed by atoms with Crippen molar-refractivity contribution in [1.29, 1.82) is 0 Å². The van der Waals surface area contributed by atoms with Gasteiger partial charge in [-0.15, -0.1) is 11.3 Å². The fraction of sp³-hybridized carbons (Fsp3) is 0.632. The topological polar surface area (TPSA) is 49.3 Å². The Balaban J connectivity index is 1.79. The van der Waals surface area contributed by atoms with Crippen LogP contribution in [0.25, 0.3) is 10.2 Å². The number of fused-ring (bicyclic) bond motifs is 3. The van der Waals surface area contributed by atoms with E-state index in [1.165, 1.54) is 41.5 Å². The van der Waals surface area contributed by atoms with Gasteiger partial charge >= 0.3 is 0 Å². The van der Waals surface area contributed by atoms with Gasteiger partial charge < -0.3 is 9.80 Å². The Bertz CT molecular complexity index is 811. The van der Waals surface area contributed by atoms with Gasteiger partial charge in [-0.25, -0.2) is 9.97 Å². The molecule has 25 heavy (non-hydrogen) atoms. The molecule has 1 amide bonds. The molecule has 1 saturated carbocycles. The minimum absolute atomic E-state index is 0.0863. The summed E-state index contributed by atoms with van der Waals surface area (Å²) in [5.41, 5.74) is 1.47. The SMILES string of the molecule is CCN(C)C(=O)Cc1nc(N(C)C2CC2)c2c3c(sc2n1)CCCC3. The second-order valence-corrected chi connectivity index (χ2v) is 8.36. The number of carbonyl (C=O) groups excluding carboxylic acids is 1. The summed E-state index contributed by atoms with van der Waals surface area (Å²) in [5.74, 6) is 1.80. The Labute approximate surface area is 153 Å². The van der Waals surface area contributed by atoms with Crippen molar-refractivity contribution in [3.05, 3.63) is 16.3 Å². The Morgan fingerprint density at radius 3 is 2.68 bits per heavy atom. The first-order valence-electron chi connectivity index (χ1n) is 9.36. The van der Waals surface area contributed by atoms with Crippen molar-refractivity contribution >= 4 is 33.3 Å². The van der Waals surface area contributed by atoms with Gasteiger partial charge in [0, 0.05) is 31.6 Å². The fourth-order valence-corrected chi connectivity index (χ4v) is 4.87. The number of anilines is 1. The van der Waals surface area contributed by atoms with Crippen LogP contribution in [0.2, 0.25) is 0 Å². The highest BCUT2D eigenvalue weighted by atomic mass is 32.1. The smallest absolute Gasteiger partial charge is 0.229 e. The molecule has 1 fully saturated rings. The molecule has 5 nitrogen and oxygen atoms in total. The van der Waals surface area contributed by atoms with Gasteiger partial charge in [0.05, 0.1) is 11.8 Å². The van der Waals surface area contributed by atoms with E-state index in [1.807, 2.05) is 25.3 Å². The molecule has 2 aliphatic rings. The predicted octanol–water partition coefficient (Wildman–Crippen LogP) is 3.19. The van der Waals surface area contributed by atoms with Gasteiger partial charge in [0.2, 0.25) is 5.91 Å². The Morgan fingerprint density at radius 2 is 1.96 bits per heavy atom. The van der Waals surface area contributed by atoms with E-state index in [4.69, 9.17) is 9.97 Å². The van der Waals surface area contributed by atoms with E-state index in [2.05, 4.69) is 11.9 Å². The Kier molecular flexibility index (Phi) is 4.40. The molecule has 6 heteroatoms. The molecule has 0 N–H and O–H groups in total. The molecule has 0 unspecified atom stereocenters. The maximum Gasteiger partial charge on any atom is 0.229 e. The van der Waals surface area contributed by atoms with Gasteiger partial charge in [-0.3, -0.25) is 4.79 Å². The van der Waals surface area contributed by atoms with E-state index >= 15 is 0 Å². The number of carbonyl (C=O) groups is 1. The van der Waals surface area contributed by atoms with E-state index in [0.29, 0.717) is 18.4 Å². The predicted molar refractivity (Wildman–Crippen MR) is 102 cm³/mol. The van der Waals surface area contributed by atoms with Crippen LogP contribution in [0.1, 0.15) is 48.9 Å². The average Bonchev–Trinajstić information content (AvgIpc) is 3.40. The number of amides is 1. The lowest BCUT2D eigenvalue weighted by atomic mass is 9.97. The van der Waals surface area contributed by atoms with Crippen LogP contribution < -0.4 is 4.90 Å². The van der Waals surface area contributed by atoms with E-state index in [1.54, 1.807) is 4.90 Å². The lowest BCUT2D eigenvalue weighted by Gasteiger charge is -2.21. The molecule has 0 aromatic carbocycles. The molecular weight excluding hydrogens is 332 g/mol. The first-order valence-corrected chi connectivity index (χ1v) is 10.2. The van der Waals surface area contributed by atoms with E-state index < -0.39 is 0 Å². The van der Waals surface area contributed by atoms with Gasteiger partial charge in [0.25, 0.3) is 0 Å². The summed E-state index contributed by atoms with van der Waals surface area (Å²) >= 11 is 1.82. The number of thiophene rings is 1. The first-order chi connectivity index (χ1) is 12.1. The molecular formula is C19H26N4OS. The van der Waals surface area contributed by atoms with Crippen molar-refractivity contribution < 1.29 is 4.79 Å². The third-order valence-corrected chi connectivity index (χ3v) is 6.67. The zero-order valence-corrected chi connectivity index (χ0v) is 16.2. The summed E-state index contributed by atoms with van der Waals surface area (Å²) in [6, 6.07) is 0.596. The first kappa shape index (κ1) is 16.8. The second-order valence-electron chi connectivity index (χ2n) is 7.28. The van der Waals surface area contributed by atoms with Crippen molar-refractivity contribution in [1.82, 2.24) is 14.9 Å². The Morgan fingerprint density at radius 1 is 1.20 bits per heavy atom. The third-order valence-electron chi connectivity index (χ3n) is 5.48. The van der Waals surface area contributed by atoms with Crippen molar-refractivity contribution in [3.8, 4) is 0 Å². The zero-order chi connectivity index (χ0) is 17.6. The van der Waals surface area contributed by atoms with E-state index in [0.717, 1.165) is 23.5 Å². The molecule has 0 spiro atoms. The monoisotopic (exact) mass is 358 g/mol. The fourth-order valence-electron chi connectivity index (χ4n) is 3.60. The maximum absolute atomic E-state index is 12.3. The van der Waals surface area contributed by atoms with E-state index in [9.17, 15) is 4.79 Å². The molecule has 2 aromatic rings. The minimum atomic E-state index is 0.0863. The van der Waals surface area contributed by atoms with Crippen molar-refractivity contribution in [3.63, 3.8) is 0 Å². The number of aryl methyl sites for hydroxylation is 2. The van der Waals surface area contributed by atoms with Crippen LogP contribution in [-0.4, -0.2) is 47.5 Å². The summed E-state index contributed by atoms with van der Waals surface area (Å²) in [7, 11) is 3.98. The second kappa shape index (κ2) is 6.56. The molecule has 2 aliphatic carbocycles. The van der Waals surface area contributed by atoms with Gasteiger partial charge in [0.1, 0.15) is 16.5 Å². The van der Waals surface area contributed by atoms with Crippen LogP contribution >= 0.6 is 11.3 Å². The highest BCUT2D eigenvalue weighted by molar-refractivity contribution is 7.19. The lowest BCUT2D eigenvalue weighted by Crippen LogP contribution is -2.29. The molecule has 0 saturated heterocycles. The van der Waals surface area contributed by atoms with Gasteiger partial charge in [-0.2, -0.15) is 0 Å². The van der Waals surface area contributed by atoms with E-state index in [-0.39, 0.29) is 12.3 Å². The molecule has 4 rings (SSSR count). The number of hydrogen-bond donors (Lipinski definition) is 0. The van der Waals surface area contributed by atoms with Crippen LogP contribution in [-0.2, 0) is 24.1 Å². The number of aromatic nitrogens is 2. The average molecular weight is 359 g/mol. The summed E-state index contributed by atoms with van der Waals surface area (Å²) in [6.45, 7) is 2.70. The molecule has 0 atom stereocenters. The summed E-state index contributed by atoms with van der Waals surface area (Å²) < 4.78 is 0. The van der Waals surface area contributed by atoms with Crippen LogP contribution in [0.4, 0.5) is 5.82 Å². The third kappa shape index (κ3) is 3.12. The van der Waals surface area contributed by atoms with Crippen molar-refractivity contribution in [2.24, 2.45) is 0 Å². The lowest BCUT2D eigenvalue weighted by molar-refractivity contribution is -0.129. The molecule has 134 valence electrons. The van der Waals surface area contributed by atoms with Crippen LogP contribution in [0.3, 0.4) is 0 Å². The largest absolute Gasteiger partial charge is 0.356 e. The van der Waals surface area contributed by atoms with Crippen molar-refractivity contribution in [2.75, 3.05) is 25.5 Å². The Hall–Kier alpha value is -1.69. The quantitative estimate of drug-likeness (QED) is 0.824. The van der Waals surface area contributed by atoms with Gasteiger partial charge in [0.15, 0.2) is 0 Å². The normalized spacial score (nSPS) is 16.8. The highest BCUT2D eigenvalue weighted by Gasteiger charge is 2.31. The summed E-state index contributed by atoms with van der Waals surface area (Å²) in [5, 5.41) is 1.26. The molecule has 0 aliphatic heterocycles. The number of nitrogens with zero attached hydrogens (tertiary/aromatic N) is 4. The number of rotatable bonds is 5. The van der Waals surface area contributed by atoms with Gasteiger partial charge in [-0.05, 0) is 51.0 Å². The van der Waals surface area contributed by atoms with Crippen molar-refractivity contribution in [2.45, 2.75) is 57.9 Å². The summed E-state index contributed by atoms with van der Waals surface area (Å²) in [6.07, 6.45) is 7.59. The molecule has 2 heterocycles. The van der Waals surface area contributed by atoms with Crippen LogP contribution in [0.5, 0.6) is 0 Å². The van der Waals surface area contributed by atoms with Gasteiger partial charge in [-0.1, -0.05) is 0 Å². The molecule has 0 bridgehead atoms.